The normalized spacial score (nSPS) is 9.69. The van der Waals surface area contributed by atoms with Crippen LogP contribution in [0.4, 0.5) is 4.39 Å². The molecule has 0 unspecified atom stereocenters. The minimum Gasteiger partial charge on any atom is -0.351 e. The van der Waals surface area contributed by atoms with Gasteiger partial charge in [0, 0.05) is 6.54 Å². The molecule has 1 amide bonds. The first kappa shape index (κ1) is 10.1. The van der Waals surface area contributed by atoms with Crippen LogP contribution in [0.2, 0.25) is 0 Å². The molecule has 0 saturated carbocycles. The van der Waals surface area contributed by atoms with E-state index in [1.165, 1.54) is 12.1 Å². The van der Waals surface area contributed by atoms with E-state index in [2.05, 4.69) is 17.9 Å². The molecule has 1 aromatic rings. The van der Waals surface area contributed by atoms with E-state index in [1.54, 1.807) is 12.1 Å². The fourth-order valence-electron chi connectivity index (χ4n) is 0.859. The highest BCUT2D eigenvalue weighted by atomic mass is 32.1. The number of carbonyl (C=O) groups excluding carboxylic acids is 1. The highest BCUT2D eigenvalue weighted by Gasteiger charge is 1.97. The smallest absolute Gasteiger partial charge is 0.229 e. The lowest BCUT2D eigenvalue weighted by atomic mass is 10.2. The predicted octanol–water partition coefficient (Wildman–Crippen LogP) is 1.37. The standard InChI is InChI=1S/C9H10FNOS/c10-8-3-1-7(2-4-8)5-11-9(12)6-13/h1-4,13H,5-6H2,(H,11,12). The van der Waals surface area contributed by atoms with E-state index in [0.29, 0.717) is 6.54 Å². The highest BCUT2D eigenvalue weighted by molar-refractivity contribution is 7.81. The Morgan fingerprint density at radius 3 is 2.54 bits per heavy atom. The molecule has 0 fully saturated rings. The van der Waals surface area contributed by atoms with Crippen LogP contribution < -0.4 is 5.32 Å². The summed E-state index contributed by atoms with van der Waals surface area (Å²) in [5, 5.41) is 2.63. The van der Waals surface area contributed by atoms with Crippen molar-refractivity contribution in [2.75, 3.05) is 5.75 Å². The molecule has 0 aliphatic carbocycles. The van der Waals surface area contributed by atoms with Gasteiger partial charge in [-0.1, -0.05) is 12.1 Å². The molecular weight excluding hydrogens is 189 g/mol. The molecule has 4 heteroatoms. The SMILES string of the molecule is O=C(CS)NCc1ccc(F)cc1. The Hall–Kier alpha value is -1.03. The molecule has 0 bridgehead atoms. The molecular formula is C9H10FNOS. The number of hydrogen-bond donors (Lipinski definition) is 2. The van der Waals surface area contributed by atoms with Gasteiger partial charge in [0.1, 0.15) is 5.82 Å². The van der Waals surface area contributed by atoms with Crippen molar-refractivity contribution < 1.29 is 9.18 Å². The molecule has 0 radical (unpaired) electrons. The van der Waals surface area contributed by atoms with Crippen LogP contribution in [0.5, 0.6) is 0 Å². The van der Waals surface area contributed by atoms with Gasteiger partial charge in [-0.2, -0.15) is 12.6 Å². The van der Waals surface area contributed by atoms with Gasteiger partial charge in [-0.25, -0.2) is 4.39 Å². The van der Waals surface area contributed by atoms with Gasteiger partial charge in [0.15, 0.2) is 0 Å². The summed E-state index contributed by atoms with van der Waals surface area (Å²) in [5.41, 5.74) is 0.872. The molecule has 1 aromatic carbocycles. The lowest BCUT2D eigenvalue weighted by molar-refractivity contribution is -0.118. The maximum absolute atomic E-state index is 12.5. The van der Waals surface area contributed by atoms with Crippen molar-refractivity contribution in [1.82, 2.24) is 5.32 Å². The zero-order valence-electron chi connectivity index (χ0n) is 6.96. The van der Waals surface area contributed by atoms with Gasteiger partial charge in [0.2, 0.25) is 5.91 Å². The van der Waals surface area contributed by atoms with Crippen LogP contribution in [0.25, 0.3) is 0 Å². The van der Waals surface area contributed by atoms with Gasteiger partial charge >= 0.3 is 0 Å². The van der Waals surface area contributed by atoms with Crippen molar-refractivity contribution in [2.24, 2.45) is 0 Å². The molecule has 0 aliphatic rings. The van der Waals surface area contributed by atoms with Gasteiger partial charge in [-0.15, -0.1) is 0 Å². The fraction of sp³-hybridized carbons (Fsp3) is 0.222. The first-order valence-electron chi connectivity index (χ1n) is 3.84. The van der Waals surface area contributed by atoms with E-state index < -0.39 is 0 Å². The van der Waals surface area contributed by atoms with Crippen LogP contribution in [0, 0.1) is 5.82 Å². The third-order valence-electron chi connectivity index (χ3n) is 1.55. The van der Waals surface area contributed by atoms with Crippen LogP contribution in [0.3, 0.4) is 0 Å². The molecule has 1 rings (SSSR count). The van der Waals surface area contributed by atoms with Crippen molar-refractivity contribution >= 4 is 18.5 Å². The maximum Gasteiger partial charge on any atom is 0.229 e. The van der Waals surface area contributed by atoms with E-state index in [1.807, 2.05) is 0 Å². The van der Waals surface area contributed by atoms with Crippen LogP contribution >= 0.6 is 12.6 Å². The molecule has 0 atom stereocenters. The number of halogens is 1. The van der Waals surface area contributed by atoms with Crippen LogP contribution in [-0.4, -0.2) is 11.7 Å². The Morgan fingerprint density at radius 1 is 1.38 bits per heavy atom. The molecule has 0 heterocycles. The molecule has 0 aliphatic heterocycles. The van der Waals surface area contributed by atoms with Crippen LogP contribution in [0.15, 0.2) is 24.3 Å². The Bertz CT molecular complexity index is 286. The summed E-state index contributed by atoms with van der Waals surface area (Å²) in [6.45, 7) is 0.416. The van der Waals surface area contributed by atoms with E-state index in [9.17, 15) is 9.18 Å². The van der Waals surface area contributed by atoms with Crippen LogP contribution in [-0.2, 0) is 11.3 Å². The molecule has 0 aromatic heterocycles. The average molecular weight is 199 g/mol. The summed E-state index contributed by atoms with van der Waals surface area (Å²) in [6, 6.07) is 5.99. The Kier molecular flexibility index (Phi) is 3.76. The summed E-state index contributed by atoms with van der Waals surface area (Å²) in [4.78, 5) is 10.8. The Labute approximate surface area is 81.6 Å². The number of nitrogens with one attached hydrogen (secondary N) is 1. The van der Waals surface area contributed by atoms with Gasteiger partial charge in [0.25, 0.3) is 0 Å². The molecule has 2 nitrogen and oxygen atoms in total. The molecule has 70 valence electrons. The number of hydrogen-bond acceptors (Lipinski definition) is 2. The topological polar surface area (TPSA) is 29.1 Å². The van der Waals surface area contributed by atoms with Crippen molar-refractivity contribution in [3.05, 3.63) is 35.6 Å². The Balaban J connectivity index is 2.46. The number of carbonyl (C=O) groups is 1. The van der Waals surface area contributed by atoms with Crippen molar-refractivity contribution in [2.45, 2.75) is 6.54 Å². The second-order valence-electron chi connectivity index (χ2n) is 2.56. The first-order valence-corrected chi connectivity index (χ1v) is 4.47. The molecule has 1 N–H and O–H groups in total. The minimum atomic E-state index is -0.274. The summed E-state index contributed by atoms with van der Waals surface area (Å²) < 4.78 is 12.5. The quantitative estimate of drug-likeness (QED) is 0.707. The summed E-state index contributed by atoms with van der Waals surface area (Å²) in [6.07, 6.45) is 0. The highest BCUT2D eigenvalue weighted by Crippen LogP contribution is 2.01. The monoisotopic (exact) mass is 199 g/mol. The third kappa shape index (κ3) is 3.46. The summed E-state index contributed by atoms with van der Waals surface area (Å²) in [7, 11) is 0. The zero-order valence-corrected chi connectivity index (χ0v) is 7.85. The van der Waals surface area contributed by atoms with E-state index in [-0.39, 0.29) is 17.5 Å². The van der Waals surface area contributed by atoms with E-state index >= 15 is 0 Å². The fourth-order valence-corrected chi connectivity index (χ4v) is 0.971. The van der Waals surface area contributed by atoms with E-state index in [4.69, 9.17) is 0 Å². The second-order valence-corrected chi connectivity index (χ2v) is 2.88. The van der Waals surface area contributed by atoms with Crippen LogP contribution in [0.1, 0.15) is 5.56 Å². The maximum atomic E-state index is 12.5. The van der Waals surface area contributed by atoms with Gasteiger partial charge in [0.05, 0.1) is 5.75 Å². The largest absolute Gasteiger partial charge is 0.351 e. The van der Waals surface area contributed by atoms with Gasteiger partial charge in [-0.05, 0) is 17.7 Å². The first-order chi connectivity index (χ1) is 6.22. The predicted molar refractivity (Wildman–Crippen MR) is 52.1 cm³/mol. The minimum absolute atomic E-state index is 0.132. The van der Waals surface area contributed by atoms with E-state index in [0.717, 1.165) is 5.56 Å². The number of rotatable bonds is 3. The zero-order chi connectivity index (χ0) is 9.68. The molecule has 0 saturated heterocycles. The lowest BCUT2D eigenvalue weighted by Gasteiger charge is -2.02. The van der Waals surface area contributed by atoms with Gasteiger partial charge in [-0.3, -0.25) is 4.79 Å². The number of benzene rings is 1. The summed E-state index contributed by atoms with van der Waals surface area (Å²) >= 11 is 3.81. The average Bonchev–Trinajstić information content (AvgIpc) is 2.16. The summed E-state index contributed by atoms with van der Waals surface area (Å²) in [5.74, 6) is -0.238. The van der Waals surface area contributed by atoms with Crippen molar-refractivity contribution in [3.63, 3.8) is 0 Å². The Morgan fingerprint density at radius 2 is 2.00 bits per heavy atom. The lowest BCUT2D eigenvalue weighted by Crippen LogP contribution is -2.23. The number of amides is 1. The number of thiol groups is 1. The van der Waals surface area contributed by atoms with Gasteiger partial charge < -0.3 is 5.32 Å². The molecule has 13 heavy (non-hydrogen) atoms. The molecule has 0 spiro atoms. The second kappa shape index (κ2) is 4.87. The van der Waals surface area contributed by atoms with Crippen molar-refractivity contribution in [3.8, 4) is 0 Å². The third-order valence-corrected chi connectivity index (χ3v) is 1.83. The van der Waals surface area contributed by atoms with Crippen molar-refractivity contribution in [1.29, 1.82) is 0 Å².